The van der Waals surface area contributed by atoms with Crippen LogP contribution >= 0.6 is 27.5 Å². The number of halogens is 2. The van der Waals surface area contributed by atoms with Crippen LogP contribution in [0.15, 0.2) is 58.5 Å². The largest absolute Gasteiger partial charge is 0.290 e. The van der Waals surface area contributed by atoms with Crippen LogP contribution in [0.2, 0.25) is 5.02 Å². The van der Waals surface area contributed by atoms with E-state index in [1.165, 1.54) is 0 Å². The smallest absolute Gasteiger partial charge is 0.0943 e. The first-order valence-electron chi connectivity index (χ1n) is 6.58. The summed E-state index contributed by atoms with van der Waals surface area (Å²) in [7, 11) is 1.76. The van der Waals surface area contributed by atoms with Gasteiger partial charge in [0.1, 0.15) is 0 Å². The summed E-state index contributed by atoms with van der Waals surface area (Å²) >= 11 is 9.81. The van der Waals surface area contributed by atoms with Crippen LogP contribution in [0.25, 0.3) is 0 Å². The summed E-state index contributed by atoms with van der Waals surface area (Å²) in [6, 6.07) is 15.7. The van der Waals surface area contributed by atoms with Crippen molar-refractivity contribution in [1.29, 1.82) is 0 Å². The molecule has 0 atom stereocenters. The summed E-state index contributed by atoms with van der Waals surface area (Å²) in [6.07, 6.45) is 0. The minimum absolute atomic E-state index is 0.624. The Hall–Kier alpha value is -1.45. The average molecular weight is 364 g/mol. The van der Waals surface area contributed by atoms with Crippen molar-refractivity contribution < 1.29 is 0 Å². The standard InChI is InChI=1S/C17H16BrClN2/c1-12-7-3-6-10-15(12)21-17(16(11-18)20-2)13-8-4-5-9-14(13)19/h3-10H,11H2,1-2H3. The van der Waals surface area contributed by atoms with Crippen LogP contribution in [0.3, 0.4) is 0 Å². The third-order valence-electron chi connectivity index (χ3n) is 3.15. The molecule has 108 valence electrons. The van der Waals surface area contributed by atoms with Crippen molar-refractivity contribution in [2.45, 2.75) is 6.92 Å². The van der Waals surface area contributed by atoms with Gasteiger partial charge < -0.3 is 0 Å². The fourth-order valence-electron chi connectivity index (χ4n) is 1.97. The molecule has 0 spiro atoms. The molecular weight excluding hydrogens is 348 g/mol. The van der Waals surface area contributed by atoms with E-state index in [9.17, 15) is 0 Å². The average Bonchev–Trinajstić information content (AvgIpc) is 2.50. The summed E-state index contributed by atoms with van der Waals surface area (Å²) in [4.78, 5) is 9.13. The van der Waals surface area contributed by atoms with Crippen LogP contribution in [0, 0.1) is 6.92 Å². The van der Waals surface area contributed by atoms with Crippen LogP contribution < -0.4 is 0 Å². The lowest BCUT2D eigenvalue weighted by atomic mass is 10.1. The van der Waals surface area contributed by atoms with Gasteiger partial charge in [-0.15, -0.1) is 0 Å². The molecule has 0 bridgehead atoms. The number of rotatable bonds is 4. The molecule has 0 aliphatic rings. The fourth-order valence-corrected chi connectivity index (χ4v) is 2.71. The molecule has 2 nitrogen and oxygen atoms in total. The highest BCUT2D eigenvalue weighted by Gasteiger charge is 2.14. The lowest BCUT2D eigenvalue weighted by Gasteiger charge is -2.11. The van der Waals surface area contributed by atoms with Gasteiger partial charge >= 0.3 is 0 Å². The van der Waals surface area contributed by atoms with Crippen molar-refractivity contribution in [1.82, 2.24) is 0 Å². The molecule has 21 heavy (non-hydrogen) atoms. The first kappa shape index (κ1) is 15.9. The summed E-state index contributed by atoms with van der Waals surface area (Å²) < 4.78 is 0. The number of hydrogen-bond donors (Lipinski definition) is 0. The number of para-hydroxylation sites is 1. The Morgan fingerprint density at radius 1 is 1.10 bits per heavy atom. The predicted molar refractivity (Wildman–Crippen MR) is 96.0 cm³/mol. The van der Waals surface area contributed by atoms with Crippen molar-refractivity contribution >= 4 is 44.6 Å². The normalized spacial score (nSPS) is 12.6. The van der Waals surface area contributed by atoms with E-state index >= 15 is 0 Å². The molecule has 0 radical (unpaired) electrons. The summed E-state index contributed by atoms with van der Waals surface area (Å²) in [5.74, 6) is 0. The van der Waals surface area contributed by atoms with E-state index in [-0.39, 0.29) is 0 Å². The fraction of sp³-hybridized carbons (Fsp3) is 0.176. The highest BCUT2D eigenvalue weighted by atomic mass is 79.9. The van der Waals surface area contributed by atoms with Crippen molar-refractivity contribution in [2.24, 2.45) is 9.98 Å². The van der Waals surface area contributed by atoms with Gasteiger partial charge in [-0.2, -0.15) is 0 Å². The molecule has 0 aliphatic heterocycles. The monoisotopic (exact) mass is 362 g/mol. The zero-order chi connectivity index (χ0) is 15.2. The second-order valence-electron chi connectivity index (χ2n) is 4.53. The van der Waals surface area contributed by atoms with Gasteiger partial charge in [0, 0.05) is 17.9 Å². The van der Waals surface area contributed by atoms with E-state index in [0.29, 0.717) is 10.4 Å². The molecule has 0 saturated heterocycles. The number of nitrogens with zero attached hydrogens (tertiary/aromatic N) is 2. The minimum atomic E-state index is 0.624. The summed E-state index contributed by atoms with van der Waals surface area (Å²) in [5.41, 5.74) is 4.60. The Bertz CT molecular complexity index is 693. The number of aryl methyl sites for hydroxylation is 1. The Kier molecular flexibility index (Phi) is 5.71. The minimum Gasteiger partial charge on any atom is -0.290 e. The third-order valence-corrected chi connectivity index (χ3v) is 4.01. The maximum absolute atomic E-state index is 6.33. The Labute approximate surface area is 138 Å². The molecule has 2 rings (SSSR count). The van der Waals surface area contributed by atoms with Gasteiger partial charge in [-0.25, -0.2) is 4.99 Å². The Balaban J connectivity index is 2.63. The number of benzene rings is 2. The molecular formula is C17H16BrClN2. The van der Waals surface area contributed by atoms with Crippen molar-refractivity contribution in [3.05, 3.63) is 64.7 Å². The van der Waals surface area contributed by atoms with Crippen LogP contribution in [-0.2, 0) is 0 Å². The molecule has 0 aliphatic carbocycles. The number of aliphatic imine (C=N–C) groups is 2. The lowest BCUT2D eigenvalue weighted by Crippen LogP contribution is -2.17. The maximum Gasteiger partial charge on any atom is 0.0943 e. The quantitative estimate of drug-likeness (QED) is 0.524. The Morgan fingerprint density at radius 2 is 1.76 bits per heavy atom. The zero-order valence-electron chi connectivity index (χ0n) is 12.0. The number of hydrogen-bond acceptors (Lipinski definition) is 2. The Morgan fingerprint density at radius 3 is 2.38 bits per heavy atom. The van der Waals surface area contributed by atoms with E-state index in [4.69, 9.17) is 16.6 Å². The highest BCUT2D eigenvalue weighted by molar-refractivity contribution is 9.09. The van der Waals surface area contributed by atoms with Gasteiger partial charge in [0.25, 0.3) is 0 Å². The first-order valence-corrected chi connectivity index (χ1v) is 8.08. The first-order chi connectivity index (χ1) is 10.2. The molecule has 0 N–H and O–H groups in total. The highest BCUT2D eigenvalue weighted by Crippen LogP contribution is 2.23. The van der Waals surface area contributed by atoms with Crippen LogP contribution in [0.4, 0.5) is 5.69 Å². The van der Waals surface area contributed by atoms with Gasteiger partial charge in [-0.3, -0.25) is 4.99 Å². The van der Waals surface area contributed by atoms with Crippen molar-refractivity contribution in [3.63, 3.8) is 0 Å². The molecule has 0 heterocycles. The van der Waals surface area contributed by atoms with Crippen LogP contribution in [-0.4, -0.2) is 23.8 Å². The molecule has 0 saturated carbocycles. The van der Waals surface area contributed by atoms with Gasteiger partial charge in [0.2, 0.25) is 0 Å². The molecule has 4 heteroatoms. The van der Waals surface area contributed by atoms with Gasteiger partial charge in [-0.05, 0) is 24.6 Å². The zero-order valence-corrected chi connectivity index (χ0v) is 14.3. The summed E-state index contributed by atoms with van der Waals surface area (Å²) in [5, 5.41) is 1.30. The van der Waals surface area contributed by atoms with E-state index in [0.717, 1.165) is 28.2 Å². The maximum atomic E-state index is 6.33. The van der Waals surface area contributed by atoms with E-state index in [2.05, 4.69) is 20.9 Å². The van der Waals surface area contributed by atoms with Gasteiger partial charge in [-0.1, -0.05) is 63.9 Å². The lowest BCUT2D eigenvalue weighted by molar-refractivity contribution is 1.39. The predicted octanol–water partition coefficient (Wildman–Crippen LogP) is 5.23. The molecule has 0 amide bonds. The third kappa shape index (κ3) is 3.80. The summed E-state index contributed by atoms with van der Waals surface area (Å²) in [6.45, 7) is 2.04. The van der Waals surface area contributed by atoms with Crippen molar-refractivity contribution in [2.75, 3.05) is 12.4 Å². The van der Waals surface area contributed by atoms with Gasteiger partial charge in [0.05, 0.1) is 22.1 Å². The van der Waals surface area contributed by atoms with Crippen LogP contribution in [0.5, 0.6) is 0 Å². The van der Waals surface area contributed by atoms with E-state index < -0.39 is 0 Å². The molecule has 0 unspecified atom stereocenters. The van der Waals surface area contributed by atoms with Gasteiger partial charge in [0.15, 0.2) is 0 Å². The number of alkyl halides is 1. The topological polar surface area (TPSA) is 24.7 Å². The molecule has 0 aromatic heterocycles. The second kappa shape index (κ2) is 7.53. The SMILES string of the molecule is CN=C(CBr)C(=Nc1ccccc1C)c1ccccc1Cl. The van der Waals surface area contributed by atoms with Crippen LogP contribution in [0.1, 0.15) is 11.1 Å². The van der Waals surface area contributed by atoms with Crippen molar-refractivity contribution in [3.8, 4) is 0 Å². The van der Waals surface area contributed by atoms with E-state index in [1.54, 1.807) is 7.05 Å². The van der Waals surface area contributed by atoms with E-state index in [1.807, 2.05) is 55.5 Å². The molecule has 2 aromatic carbocycles. The molecule has 0 fully saturated rings. The molecule has 2 aromatic rings. The second-order valence-corrected chi connectivity index (χ2v) is 5.50.